The number of phosphoric acid groups is 1. The molecule has 2 fully saturated rings. The predicted molar refractivity (Wildman–Crippen MR) is 210 cm³/mol. The molecular weight excluding hydrogens is 759 g/mol. The van der Waals surface area contributed by atoms with Crippen LogP contribution < -0.4 is 5.73 Å². The van der Waals surface area contributed by atoms with Gasteiger partial charge < -0.3 is 30.3 Å². The summed E-state index contributed by atoms with van der Waals surface area (Å²) in [6.07, 6.45) is 16.2. The number of nitrogens with zero attached hydrogens (tertiary/aromatic N) is 5. The van der Waals surface area contributed by atoms with Crippen LogP contribution in [-0.4, -0.2) is 65.8 Å². The minimum atomic E-state index is -4.93. The van der Waals surface area contributed by atoms with Crippen molar-refractivity contribution >= 4 is 30.8 Å². The third-order valence-electron chi connectivity index (χ3n) is 10.9. The number of fused-ring (bicyclic) bond motifs is 2. The molecule has 3 heterocycles. The SMILES string of the molecule is CCCCCCCCCCCCCCCCCC[C@@H](COP(=O)(O)OC1[C@@]2(C#N)O[C@@H](c3ccc4c(N)ncnn34)[C@H](O)[C@@]12O)OCc1cc(Cl)cc(C#N)c1. The van der Waals surface area contributed by atoms with Crippen molar-refractivity contribution in [3.8, 4) is 12.1 Å². The zero-order valence-electron chi connectivity index (χ0n) is 32.2. The van der Waals surface area contributed by atoms with Crippen LogP contribution in [-0.2, 0) is 29.7 Å². The molecule has 5 N–H and O–H groups in total. The van der Waals surface area contributed by atoms with E-state index in [-0.39, 0.29) is 24.7 Å². The number of anilines is 1. The second-order valence-corrected chi connectivity index (χ2v) is 16.9. The van der Waals surface area contributed by atoms with E-state index in [0.717, 1.165) is 25.7 Å². The zero-order chi connectivity index (χ0) is 40.2. The Morgan fingerprint density at radius 3 is 2.21 bits per heavy atom. The summed E-state index contributed by atoms with van der Waals surface area (Å²) in [7, 11) is -4.93. The maximum absolute atomic E-state index is 13.3. The molecule has 3 aromatic rings. The van der Waals surface area contributed by atoms with Crippen LogP contribution in [0.5, 0.6) is 0 Å². The second-order valence-electron chi connectivity index (χ2n) is 15.1. The maximum Gasteiger partial charge on any atom is 0.472 e. The summed E-state index contributed by atoms with van der Waals surface area (Å²) in [6, 6.07) is 11.9. The quantitative estimate of drug-likeness (QED) is 0.0446. The topological polar surface area (TPSA) is 218 Å². The van der Waals surface area contributed by atoms with Crippen LogP contribution in [0.2, 0.25) is 5.02 Å². The molecule has 1 aliphatic heterocycles. The number of halogens is 1. The largest absolute Gasteiger partial charge is 0.472 e. The first kappa shape index (κ1) is 44.0. The van der Waals surface area contributed by atoms with E-state index in [1.807, 2.05) is 6.07 Å². The summed E-state index contributed by atoms with van der Waals surface area (Å²) in [6.45, 7) is 1.98. The van der Waals surface area contributed by atoms with E-state index in [1.165, 1.54) is 87.9 Å². The lowest BCUT2D eigenvalue weighted by Gasteiger charge is -2.24. The van der Waals surface area contributed by atoms with Gasteiger partial charge in [0.15, 0.2) is 17.5 Å². The van der Waals surface area contributed by atoms with Gasteiger partial charge in [0.2, 0.25) is 5.60 Å². The number of benzene rings is 1. The van der Waals surface area contributed by atoms with Crippen molar-refractivity contribution in [2.45, 2.75) is 158 Å². The maximum atomic E-state index is 13.3. The fraction of sp³-hybridized carbons (Fsp3) is 0.650. The van der Waals surface area contributed by atoms with Gasteiger partial charge in [-0.25, -0.2) is 14.1 Å². The third-order valence-corrected chi connectivity index (χ3v) is 12.1. The first-order valence-corrected chi connectivity index (χ1v) is 21.9. The number of aromatic nitrogens is 3. The number of unbranched alkanes of at least 4 members (excludes halogenated alkanes) is 15. The Balaban J connectivity index is 1.08. The molecule has 2 unspecified atom stereocenters. The van der Waals surface area contributed by atoms with Gasteiger partial charge >= 0.3 is 7.82 Å². The molecule has 1 aromatic carbocycles. The van der Waals surface area contributed by atoms with Crippen molar-refractivity contribution < 1.29 is 38.2 Å². The van der Waals surface area contributed by atoms with E-state index < -0.39 is 43.4 Å². The summed E-state index contributed by atoms with van der Waals surface area (Å²) in [5, 5.41) is 46.6. The van der Waals surface area contributed by atoms with Crippen LogP contribution in [0.25, 0.3) is 5.52 Å². The summed E-state index contributed by atoms with van der Waals surface area (Å²) in [5.74, 6) is 0.175. The molecule has 14 nitrogen and oxygen atoms in total. The summed E-state index contributed by atoms with van der Waals surface area (Å²) in [5.41, 5.74) is 3.16. The standard InChI is InChI=1S/C40H56ClN6O8P/c1-2-3-4-5-6-7-8-9-10-11-12-13-14-15-16-17-18-32(52-25-30-21-29(24-42)22-31(41)23-30)26-53-56(50,51)55-38-39(27-43)40(38,49)36(48)35(54-39)33-19-20-34-37(44)45-28-46-47(33)34/h19-23,28,32,35-36,38,48-49H,2-18,25-26H2,1H3,(H,50,51)(H2,44,45,46)/t32-,35-,36-,38?,39+,40+/m0/s1. The number of aliphatic hydroxyl groups excluding tert-OH is 1. The normalized spacial score (nSPS) is 24.4. The van der Waals surface area contributed by atoms with Crippen molar-refractivity contribution in [3.63, 3.8) is 0 Å². The number of nitrogens with two attached hydrogens (primary N) is 1. The van der Waals surface area contributed by atoms with Crippen molar-refractivity contribution in [2.24, 2.45) is 0 Å². The molecule has 56 heavy (non-hydrogen) atoms. The zero-order valence-corrected chi connectivity index (χ0v) is 33.9. The van der Waals surface area contributed by atoms with Gasteiger partial charge in [-0.3, -0.25) is 9.05 Å². The van der Waals surface area contributed by atoms with Crippen LogP contribution in [0.15, 0.2) is 36.7 Å². The highest BCUT2D eigenvalue weighted by Gasteiger charge is 2.90. The monoisotopic (exact) mass is 814 g/mol. The summed E-state index contributed by atoms with van der Waals surface area (Å²) in [4.78, 5) is 14.7. The molecule has 16 heteroatoms. The molecule has 0 radical (unpaired) electrons. The predicted octanol–water partition coefficient (Wildman–Crippen LogP) is 8.02. The number of rotatable bonds is 26. The van der Waals surface area contributed by atoms with Crippen LogP contribution in [0, 0.1) is 22.7 Å². The molecule has 1 saturated carbocycles. The Morgan fingerprint density at radius 1 is 1.00 bits per heavy atom. The third kappa shape index (κ3) is 10.7. The van der Waals surface area contributed by atoms with Gasteiger partial charge in [-0.05, 0) is 42.3 Å². The number of nitriles is 2. The molecule has 0 spiro atoms. The van der Waals surface area contributed by atoms with Crippen molar-refractivity contribution in [3.05, 3.63) is 58.5 Å². The highest BCUT2D eigenvalue weighted by atomic mass is 35.5. The van der Waals surface area contributed by atoms with Crippen molar-refractivity contribution in [2.75, 3.05) is 12.3 Å². The Labute approximate surface area is 334 Å². The van der Waals surface area contributed by atoms with Gasteiger partial charge in [-0.15, -0.1) is 0 Å². The average Bonchev–Trinajstić information content (AvgIpc) is 3.41. The molecule has 2 aromatic heterocycles. The molecule has 0 bridgehead atoms. The lowest BCUT2D eigenvalue weighted by Crippen LogP contribution is -2.35. The van der Waals surface area contributed by atoms with E-state index >= 15 is 0 Å². The highest BCUT2D eigenvalue weighted by molar-refractivity contribution is 7.47. The van der Waals surface area contributed by atoms with Gasteiger partial charge in [0.25, 0.3) is 0 Å². The van der Waals surface area contributed by atoms with Gasteiger partial charge in [0.05, 0.1) is 36.6 Å². The van der Waals surface area contributed by atoms with Crippen molar-refractivity contribution in [1.29, 1.82) is 10.5 Å². The number of hydrogen-bond donors (Lipinski definition) is 4. The van der Waals surface area contributed by atoms with Crippen LogP contribution in [0.4, 0.5) is 5.82 Å². The first-order chi connectivity index (χ1) is 27.0. The van der Waals surface area contributed by atoms with E-state index in [2.05, 4.69) is 23.1 Å². The van der Waals surface area contributed by atoms with E-state index in [4.69, 9.17) is 35.9 Å². The van der Waals surface area contributed by atoms with Gasteiger partial charge in [0.1, 0.15) is 30.1 Å². The Bertz CT molecular complexity index is 1870. The Hall–Kier alpha value is -3.14. The number of aliphatic hydroxyl groups is 2. The number of phosphoric ester groups is 1. The van der Waals surface area contributed by atoms with Gasteiger partial charge in [-0.2, -0.15) is 15.6 Å². The molecule has 7 atom stereocenters. The molecule has 5 rings (SSSR count). The molecule has 1 saturated heterocycles. The van der Waals surface area contributed by atoms with Crippen LogP contribution >= 0.6 is 19.4 Å². The smallest absolute Gasteiger partial charge is 0.387 e. The van der Waals surface area contributed by atoms with E-state index in [0.29, 0.717) is 28.1 Å². The molecule has 1 aliphatic carbocycles. The molecular formula is C40H56ClN6O8P. The Morgan fingerprint density at radius 2 is 1.62 bits per heavy atom. The first-order valence-electron chi connectivity index (χ1n) is 20.0. The van der Waals surface area contributed by atoms with Gasteiger partial charge in [0, 0.05) is 5.02 Å². The molecule has 0 amide bonds. The minimum Gasteiger partial charge on any atom is -0.387 e. The van der Waals surface area contributed by atoms with E-state index in [9.17, 15) is 30.2 Å². The minimum absolute atomic E-state index is 0.0744. The van der Waals surface area contributed by atoms with Gasteiger partial charge in [-0.1, -0.05) is 121 Å². The van der Waals surface area contributed by atoms with Crippen LogP contribution in [0.3, 0.4) is 0 Å². The summed E-state index contributed by atoms with van der Waals surface area (Å²) >= 11 is 6.18. The van der Waals surface area contributed by atoms with Crippen molar-refractivity contribution in [1.82, 2.24) is 14.6 Å². The number of ether oxygens (including phenoxy) is 2. The fourth-order valence-electron chi connectivity index (χ4n) is 7.68. The molecule has 2 aliphatic rings. The lowest BCUT2D eigenvalue weighted by atomic mass is 10.0. The van der Waals surface area contributed by atoms with E-state index in [1.54, 1.807) is 30.3 Å². The number of nitrogen functional groups attached to an aromatic ring is 1. The second kappa shape index (κ2) is 20.5. The Kier molecular flexibility index (Phi) is 16.1. The van der Waals surface area contributed by atoms with Crippen LogP contribution in [0.1, 0.15) is 139 Å². The highest BCUT2D eigenvalue weighted by Crippen LogP contribution is 2.68. The lowest BCUT2D eigenvalue weighted by molar-refractivity contribution is -0.0769. The fourth-order valence-corrected chi connectivity index (χ4v) is 8.92. The number of hydrogen-bond acceptors (Lipinski definition) is 12. The average molecular weight is 815 g/mol. The summed E-state index contributed by atoms with van der Waals surface area (Å²) < 4.78 is 37.3. The molecule has 306 valence electrons.